The fourth-order valence-corrected chi connectivity index (χ4v) is 4.44. The maximum Gasteiger partial charge on any atom is 0.267 e. The predicted molar refractivity (Wildman–Crippen MR) is 110 cm³/mol. The third-order valence-corrected chi connectivity index (χ3v) is 6.00. The standard InChI is InChI=1S/C20H15FN2O3S2/c1-25-11-6-7-16(26-2)13(8-11)15-10-27-20(22-15)23-19(24)18-9-12-14(21)4-3-5-17(12)28-18/h3-10H,1-2H3,(H,22,23,24). The Balaban J connectivity index is 1.59. The van der Waals surface area contributed by atoms with Crippen LogP contribution in [0.25, 0.3) is 21.3 Å². The van der Waals surface area contributed by atoms with Gasteiger partial charge in [0.25, 0.3) is 5.91 Å². The Morgan fingerprint density at radius 2 is 2.00 bits per heavy atom. The zero-order valence-electron chi connectivity index (χ0n) is 15.0. The van der Waals surface area contributed by atoms with Crippen LogP contribution >= 0.6 is 22.7 Å². The molecule has 0 aliphatic heterocycles. The molecule has 5 nitrogen and oxygen atoms in total. The molecule has 1 N–H and O–H groups in total. The first-order valence-corrected chi connectivity index (χ1v) is 9.96. The van der Waals surface area contributed by atoms with E-state index < -0.39 is 0 Å². The lowest BCUT2D eigenvalue weighted by Gasteiger charge is -2.08. The third-order valence-electron chi connectivity index (χ3n) is 4.14. The van der Waals surface area contributed by atoms with Crippen LogP contribution in [-0.2, 0) is 0 Å². The minimum atomic E-state index is -0.338. The molecule has 4 aromatic rings. The number of nitrogens with one attached hydrogen (secondary N) is 1. The van der Waals surface area contributed by atoms with E-state index in [1.165, 1.54) is 28.7 Å². The predicted octanol–water partition coefficient (Wildman–Crippen LogP) is 5.43. The number of ether oxygens (including phenoxy) is 2. The number of halogens is 1. The smallest absolute Gasteiger partial charge is 0.267 e. The summed E-state index contributed by atoms with van der Waals surface area (Å²) in [5.74, 6) is 0.680. The average Bonchev–Trinajstić information content (AvgIpc) is 3.35. The van der Waals surface area contributed by atoms with Crippen LogP contribution in [0.4, 0.5) is 9.52 Å². The molecule has 0 spiro atoms. The van der Waals surface area contributed by atoms with E-state index in [2.05, 4.69) is 10.3 Å². The molecule has 142 valence electrons. The number of hydrogen-bond donors (Lipinski definition) is 1. The SMILES string of the molecule is COc1ccc(OC)c(-c2csc(NC(=O)c3cc4c(F)cccc4s3)n2)c1. The second-order valence-corrected chi connectivity index (χ2v) is 7.76. The highest BCUT2D eigenvalue weighted by atomic mass is 32.1. The van der Waals surface area contributed by atoms with E-state index in [9.17, 15) is 9.18 Å². The van der Waals surface area contributed by atoms with E-state index in [1.54, 1.807) is 44.6 Å². The summed E-state index contributed by atoms with van der Waals surface area (Å²) in [5.41, 5.74) is 1.43. The number of fused-ring (bicyclic) bond motifs is 1. The molecule has 0 aliphatic carbocycles. The third kappa shape index (κ3) is 3.44. The van der Waals surface area contributed by atoms with Gasteiger partial charge >= 0.3 is 0 Å². The largest absolute Gasteiger partial charge is 0.497 e. The van der Waals surface area contributed by atoms with Crippen molar-refractivity contribution in [3.8, 4) is 22.8 Å². The number of carbonyl (C=O) groups excluding carboxylic acids is 1. The first kappa shape index (κ1) is 18.4. The second kappa shape index (κ2) is 7.57. The summed E-state index contributed by atoms with van der Waals surface area (Å²) in [7, 11) is 3.17. The second-order valence-electron chi connectivity index (χ2n) is 5.82. The van der Waals surface area contributed by atoms with Crippen LogP contribution in [0.5, 0.6) is 11.5 Å². The van der Waals surface area contributed by atoms with Crippen molar-refractivity contribution in [3.05, 3.63) is 58.5 Å². The first-order chi connectivity index (χ1) is 13.6. The van der Waals surface area contributed by atoms with Crippen molar-refractivity contribution in [2.45, 2.75) is 0 Å². The van der Waals surface area contributed by atoms with Gasteiger partial charge in [0.2, 0.25) is 0 Å². The Labute approximate surface area is 168 Å². The Bertz CT molecular complexity index is 1170. The van der Waals surface area contributed by atoms with Gasteiger partial charge in [0, 0.05) is 21.0 Å². The van der Waals surface area contributed by atoms with Crippen molar-refractivity contribution >= 4 is 43.8 Å². The van der Waals surface area contributed by atoms with Gasteiger partial charge in [-0.15, -0.1) is 22.7 Å². The normalized spacial score (nSPS) is 10.8. The number of nitrogens with zero attached hydrogens (tertiary/aromatic N) is 1. The van der Waals surface area contributed by atoms with Crippen LogP contribution in [0, 0.1) is 5.82 Å². The van der Waals surface area contributed by atoms with Gasteiger partial charge in [-0.05, 0) is 36.4 Å². The van der Waals surface area contributed by atoms with E-state index in [0.717, 1.165) is 10.3 Å². The number of methoxy groups -OCH3 is 2. The van der Waals surface area contributed by atoms with Gasteiger partial charge in [-0.1, -0.05) is 6.07 Å². The molecule has 0 saturated heterocycles. The highest BCUT2D eigenvalue weighted by Gasteiger charge is 2.16. The van der Waals surface area contributed by atoms with Gasteiger partial charge in [-0.25, -0.2) is 9.37 Å². The lowest BCUT2D eigenvalue weighted by molar-refractivity contribution is 0.103. The van der Waals surface area contributed by atoms with Crippen molar-refractivity contribution in [3.63, 3.8) is 0 Å². The summed E-state index contributed by atoms with van der Waals surface area (Å²) >= 11 is 2.54. The molecule has 8 heteroatoms. The number of amides is 1. The summed E-state index contributed by atoms with van der Waals surface area (Å²) in [4.78, 5) is 17.5. The minimum Gasteiger partial charge on any atom is -0.497 e. The van der Waals surface area contributed by atoms with Crippen LogP contribution in [0.1, 0.15) is 9.67 Å². The number of thiophene rings is 1. The molecule has 0 fully saturated rings. The molecule has 0 radical (unpaired) electrons. The monoisotopic (exact) mass is 414 g/mol. The summed E-state index contributed by atoms with van der Waals surface area (Å²) in [5, 5.41) is 5.50. The van der Waals surface area contributed by atoms with Crippen molar-refractivity contribution in [1.82, 2.24) is 4.98 Å². The van der Waals surface area contributed by atoms with Gasteiger partial charge < -0.3 is 9.47 Å². The minimum absolute atomic E-state index is 0.320. The molecule has 0 aliphatic rings. The van der Waals surface area contributed by atoms with Crippen molar-refractivity contribution in [2.75, 3.05) is 19.5 Å². The van der Waals surface area contributed by atoms with Crippen molar-refractivity contribution in [2.24, 2.45) is 0 Å². The van der Waals surface area contributed by atoms with Crippen LogP contribution in [0.2, 0.25) is 0 Å². The summed E-state index contributed by atoms with van der Waals surface area (Å²) in [6.07, 6.45) is 0. The van der Waals surface area contributed by atoms with E-state index in [0.29, 0.717) is 32.6 Å². The summed E-state index contributed by atoms with van der Waals surface area (Å²) < 4.78 is 25.2. The number of carbonyl (C=O) groups is 1. The lowest BCUT2D eigenvalue weighted by atomic mass is 10.1. The maximum atomic E-state index is 13.9. The number of hydrogen-bond acceptors (Lipinski definition) is 6. The molecule has 2 aromatic carbocycles. The number of rotatable bonds is 5. The molecule has 4 rings (SSSR count). The molecule has 2 aromatic heterocycles. The van der Waals surface area contributed by atoms with Crippen LogP contribution in [0.3, 0.4) is 0 Å². The Morgan fingerprint density at radius 1 is 1.14 bits per heavy atom. The van der Waals surface area contributed by atoms with E-state index in [1.807, 2.05) is 11.4 Å². The highest BCUT2D eigenvalue weighted by molar-refractivity contribution is 7.21. The molecule has 0 saturated carbocycles. The van der Waals surface area contributed by atoms with Crippen LogP contribution in [0.15, 0.2) is 47.8 Å². The maximum absolute atomic E-state index is 13.9. The zero-order valence-corrected chi connectivity index (χ0v) is 16.6. The van der Waals surface area contributed by atoms with Gasteiger partial charge in [-0.2, -0.15) is 0 Å². The quantitative estimate of drug-likeness (QED) is 0.473. The zero-order chi connectivity index (χ0) is 19.7. The molecule has 2 heterocycles. The summed E-state index contributed by atoms with van der Waals surface area (Å²) in [6.45, 7) is 0. The van der Waals surface area contributed by atoms with Crippen LogP contribution < -0.4 is 14.8 Å². The Morgan fingerprint density at radius 3 is 2.75 bits per heavy atom. The molecule has 28 heavy (non-hydrogen) atoms. The number of anilines is 1. The van der Waals surface area contributed by atoms with Gasteiger partial charge in [-0.3, -0.25) is 10.1 Å². The molecular formula is C20H15FN2O3S2. The lowest BCUT2D eigenvalue weighted by Crippen LogP contribution is -2.09. The fourth-order valence-electron chi connectivity index (χ4n) is 2.77. The summed E-state index contributed by atoms with van der Waals surface area (Å²) in [6, 6.07) is 11.8. The molecule has 0 atom stereocenters. The van der Waals surface area contributed by atoms with Gasteiger partial charge in [0.15, 0.2) is 5.13 Å². The fraction of sp³-hybridized carbons (Fsp3) is 0.100. The topological polar surface area (TPSA) is 60.5 Å². The van der Waals surface area contributed by atoms with Crippen molar-refractivity contribution in [1.29, 1.82) is 0 Å². The number of aromatic nitrogens is 1. The first-order valence-electron chi connectivity index (χ1n) is 8.26. The van der Waals surface area contributed by atoms with E-state index in [4.69, 9.17) is 9.47 Å². The van der Waals surface area contributed by atoms with Gasteiger partial charge in [0.1, 0.15) is 17.3 Å². The Hall–Kier alpha value is -2.97. The molecule has 1 amide bonds. The molecule has 0 unspecified atom stereocenters. The van der Waals surface area contributed by atoms with Crippen LogP contribution in [-0.4, -0.2) is 25.1 Å². The average molecular weight is 414 g/mol. The number of benzene rings is 2. The Kier molecular flexibility index (Phi) is 4.97. The number of thiazole rings is 1. The van der Waals surface area contributed by atoms with E-state index >= 15 is 0 Å². The van der Waals surface area contributed by atoms with Gasteiger partial charge in [0.05, 0.1) is 24.8 Å². The molecular weight excluding hydrogens is 399 g/mol. The van der Waals surface area contributed by atoms with Crippen molar-refractivity contribution < 1.29 is 18.7 Å². The highest BCUT2D eigenvalue weighted by Crippen LogP contribution is 2.35. The van der Waals surface area contributed by atoms with E-state index in [-0.39, 0.29) is 11.7 Å². The molecule has 0 bridgehead atoms.